The molecule has 0 aliphatic rings. The van der Waals surface area contributed by atoms with Gasteiger partial charge in [0, 0.05) is 13.1 Å². The summed E-state index contributed by atoms with van der Waals surface area (Å²) in [5.41, 5.74) is 2.51. The average Bonchev–Trinajstić information content (AvgIpc) is 2.85. The molecule has 2 aromatic rings. The van der Waals surface area contributed by atoms with Crippen molar-refractivity contribution < 1.29 is 9.52 Å². The molecule has 0 aliphatic heterocycles. The zero-order valence-electron chi connectivity index (χ0n) is 9.89. The lowest BCUT2D eigenvalue weighted by atomic mass is 10.1. The van der Waals surface area contributed by atoms with E-state index in [9.17, 15) is 5.11 Å². The Morgan fingerprint density at radius 1 is 1.24 bits per heavy atom. The molecule has 1 aromatic heterocycles. The molecule has 1 heterocycles. The van der Waals surface area contributed by atoms with Crippen LogP contribution >= 0.6 is 0 Å². The van der Waals surface area contributed by atoms with Crippen molar-refractivity contribution in [2.75, 3.05) is 6.54 Å². The van der Waals surface area contributed by atoms with E-state index in [2.05, 4.69) is 24.4 Å². The van der Waals surface area contributed by atoms with Gasteiger partial charge in [-0.25, -0.2) is 0 Å². The predicted octanol–water partition coefficient (Wildman–Crippen LogP) is 2.41. The Morgan fingerprint density at radius 2 is 2.06 bits per heavy atom. The number of aliphatic hydroxyl groups is 1. The van der Waals surface area contributed by atoms with Gasteiger partial charge in [0.05, 0.1) is 6.26 Å². The van der Waals surface area contributed by atoms with Crippen LogP contribution in [0.15, 0.2) is 47.1 Å². The molecular formula is C14H17NO2. The van der Waals surface area contributed by atoms with E-state index in [0.29, 0.717) is 12.3 Å². The molecule has 1 unspecified atom stereocenters. The summed E-state index contributed by atoms with van der Waals surface area (Å²) in [6.07, 6.45) is 0.980. The van der Waals surface area contributed by atoms with E-state index in [-0.39, 0.29) is 0 Å². The predicted molar refractivity (Wildman–Crippen MR) is 66.6 cm³/mol. The number of rotatable bonds is 5. The van der Waals surface area contributed by atoms with Gasteiger partial charge in [-0.2, -0.15) is 0 Å². The van der Waals surface area contributed by atoms with Gasteiger partial charge in [0.2, 0.25) is 0 Å². The summed E-state index contributed by atoms with van der Waals surface area (Å²) in [6.45, 7) is 3.33. The van der Waals surface area contributed by atoms with Crippen molar-refractivity contribution >= 4 is 0 Å². The Kier molecular flexibility index (Phi) is 3.96. The minimum absolute atomic E-state index is 0.488. The number of hydrogen-bond donors (Lipinski definition) is 2. The Labute approximate surface area is 101 Å². The van der Waals surface area contributed by atoms with Crippen LogP contribution in [0.5, 0.6) is 0 Å². The Balaban J connectivity index is 1.82. The number of nitrogens with one attached hydrogen (secondary N) is 1. The highest BCUT2D eigenvalue weighted by Gasteiger charge is 2.09. The second-order valence-corrected chi connectivity index (χ2v) is 4.09. The molecular weight excluding hydrogens is 214 g/mol. The molecule has 1 aromatic carbocycles. The molecule has 90 valence electrons. The molecule has 17 heavy (non-hydrogen) atoms. The molecule has 0 spiro atoms. The van der Waals surface area contributed by atoms with Crippen molar-refractivity contribution in [2.45, 2.75) is 19.6 Å². The van der Waals surface area contributed by atoms with Gasteiger partial charge in [0.1, 0.15) is 11.9 Å². The van der Waals surface area contributed by atoms with Gasteiger partial charge >= 0.3 is 0 Å². The van der Waals surface area contributed by atoms with Crippen molar-refractivity contribution in [2.24, 2.45) is 0 Å². The van der Waals surface area contributed by atoms with Crippen molar-refractivity contribution in [1.29, 1.82) is 0 Å². The van der Waals surface area contributed by atoms with Crippen LogP contribution in [0.3, 0.4) is 0 Å². The lowest BCUT2D eigenvalue weighted by molar-refractivity contribution is 0.147. The zero-order chi connectivity index (χ0) is 12.1. The van der Waals surface area contributed by atoms with Crippen LogP contribution in [-0.4, -0.2) is 11.7 Å². The van der Waals surface area contributed by atoms with E-state index in [0.717, 1.165) is 6.54 Å². The summed E-state index contributed by atoms with van der Waals surface area (Å²) in [5.74, 6) is 0.599. The van der Waals surface area contributed by atoms with Crippen LogP contribution in [0.1, 0.15) is 23.0 Å². The minimum atomic E-state index is -0.589. The lowest BCUT2D eigenvalue weighted by Gasteiger charge is -2.10. The molecule has 0 radical (unpaired) electrons. The highest BCUT2D eigenvalue weighted by molar-refractivity contribution is 5.25. The topological polar surface area (TPSA) is 45.4 Å². The summed E-state index contributed by atoms with van der Waals surface area (Å²) < 4.78 is 5.13. The highest BCUT2D eigenvalue weighted by Crippen LogP contribution is 2.12. The van der Waals surface area contributed by atoms with Gasteiger partial charge in [0.25, 0.3) is 0 Å². The zero-order valence-corrected chi connectivity index (χ0v) is 9.89. The van der Waals surface area contributed by atoms with Crippen LogP contribution in [-0.2, 0) is 6.54 Å². The van der Waals surface area contributed by atoms with E-state index in [1.165, 1.54) is 11.1 Å². The molecule has 0 saturated carbocycles. The lowest BCUT2D eigenvalue weighted by Crippen LogP contribution is -2.21. The number of furan rings is 1. The first-order valence-electron chi connectivity index (χ1n) is 5.74. The molecule has 0 fully saturated rings. The first kappa shape index (κ1) is 11.9. The third-order valence-corrected chi connectivity index (χ3v) is 2.79. The summed E-state index contributed by atoms with van der Waals surface area (Å²) in [5, 5.41) is 13.0. The van der Waals surface area contributed by atoms with Gasteiger partial charge in [-0.05, 0) is 30.2 Å². The van der Waals surface area contributed by atoms with Crippen molar-refractivity contribution in [3.63, 3.8) is 0 Å². The fraction of sp³-hybridized carbons (Fsp3) is 0.286. The maximum Gasteiger partial charge on any atom is 0.133 e. The van der Waals surface area contributed by atoms with Crippen molar-refractivity contribution in [3.8, 4) is 0 Å². The molecule has 3 heteroatoms. The molecule has 2 rings (SSSR count). The number of hydrogen-bond acceptors (Lipinski definition) is 3. The Bertz CT molecular complexity index is 451. The van der Waals surface area contributed by atoms with E-state index < -0.39 is 6.10 Å². The number of aliphatic hydroxyl groups excluding tert-OH is 1. The van der Waals surface area contributed by atoms with E-state index in [1.807, 2.05) is 12.1 Å². The Hall–Kier alpha value is -1.58. The summed E-state index contributed by atoms with van der Waals surface area (Å²) >= 11 is 0. The Morgan fingerprint density at radius 3 is 2.76 bits per heavy atom. The van der Waals surface area contributed by atoms with E-state index in [1.54, 1.807) is 18.4 Å². The highest BCUT2D eigenvalue weighted by atomic mass is 16.4. The van der Waals surface area contributed by atoms with Crippen LogP contribution in [0, 0.1) is 6.92 Å². The summed E-state index contributed by atoms with van der Waals surface area (Å²) in [7, 11) is 0. The van der Waals surface area contributed by atoms with Crippen LogP contribution in [0.2, 0.25) is 0 Å². The number of benzene rings is 1. The smallest absolute Gasteiger partial charge is 0.133 e. The van der Waals surface area contributed by atoms with Crippen LogP contribution in [0.4, 0.5) is 0 Å². The number of aryl methyl sites for hydroxylation is 1. The van der Waals surface area contributed by atoms with Crippen molar-refractivity contribution in [1.82, 2.24) is 5.32 Å². The maximum absolute atomic E-state index is 9.80. The maximum atomic E-state index is 9.80. The first-order chi connectivity index (χ1) is 8.27. The molecule has 0 saturated heterocycles. The first-order valence-corrected chi connectivity index (χ1v) is 5.74. The van der Waals surface area contributed by atoms with Gasteiger partial charge in [-0.1, -0.05) is 24.3 Å². The monoisotopic (exact) mass is 231 g/mol. The largest absolute Gasteiger partial charge is 0.467 e. The van der Waals surface area contributed by atoms with Crippen LogP contribution < -0.4 is 5.32 Å². The molecule has 3 nitrogen and oxygen atoms in total. The third-order valence-electron chi connectivity index (χ3n) is 2.79. The fourth-order valence-electron chi connectivity index (χ4n) is 1.73. The van der Waals surface area contributed by atoms with Crippen molar-refractivity contribution in [3.05, 3.63) is 59.5 Å². The SMILES string of the molecule is Cc1ccccc1CNCC(O)c1ccco1. The van der Waals surface area contributed by atoms with E-state index >= 15 is 0 Å². The molecule has 1 atom stereocenters. The van der Waals surface area contributed by atoms with Gasteiger partial charge in [-0.15, -0.1) is 0 Å². The average molecular weight is 231 g/mol. The summed E-state index contributed by atoms with van der Waals surface area (Å²) in [6, 6.07) is 11.8. The fourth-order valence-corrected chi connectivity index (χ4v) is 1.73. The van der Waals surface area contributed by atoms with Gasteiger partial charge in [0.15, 0.2) is 0 Å². The van der Waals surface area contributed by atoms with Gasteiger partial charge in [-0.3, -0.25) is 0 Å². The standard InChI is InChI=1S/C14H17NO2/c1-11-5-2-3-6-12(11)9-15-10-13(16)14-7-4-8-17-14/h2-8,13,15-16H,9-10H2,1H3. The second kappa shape index (κ2) is 5.66. The van der Waals surface area contributed by atoms with E-state index in [4.69, 9.17) is 4.42 Å². The quantitative estimate of drug-likeness (QED) is 0.830. The molecule has 0 aliphatic carbocycles. The summed E-state index contributed by atoms with van der Waals surface area (Å²) in [4.78, 5) is 0. The minimum Gasteiger partial charge on any atom is -0.467 e. The van der Waals surface area contributed by atoms with Gasteiger partial charge < -0.3 is 14.8 Å². The van der Waals surface area contributed by atoms with Crippen LogP contribution in [0.25, 0.3) is 0 Å². The third kappa shape index (κ3) is 3.19. The normalized spacial score (nSPS) is 12.6. The molecule has 2 N–H and O–H groups in total. The molecule has 0 amide bonds. The molecule has 0 bridgehead atoms. The second-order valence-electron chi connectivity index (χ2n) is 4.09.